The largest absolute Gasteiger partial charge is 0.244 e. The van der Waals surface area contributed by atoms with Gasteiger partial charge in [-0.15, -0.1) is 0 Å². The number of aryl methyl sites for hydroxylation is 1. The molecule has 0 saturated carbocycles. The second-order valence-corrected chi connectivity index (χ2v) is 2.24. The predicted octanol–water partition coefficient (Wildman–Crippen LogP) is 1.91. The maximum Gasteiger partial charge on any atom is 0.222 e. The highest BCUT2D eigenvalue weighted by atomic mass is 35.5. The molecule has 0 atom stereocenters. The lowest BCUT2D eigenvalue weighted by atomic mass is 10.4. The summed E-state index contributed by atoms with van der Waals surface area (Å²) < 4.78 is 11.9. The smallest absolute Gasteiger partial charge is 0.222 e. The molecular formula is C6H6ClFN2. The SMILES string of the molecule is Cc1cc(CF)nc(Cl)n1. The molecule has 0 amide bonds. The van der Waals surface area contributed by atoms with Crippen LogP contribution in [0.25, 0.3) is 0 Å². The number of aromatic nitrogens is 2. The van der Waals surface area contributed by atoms with Crippen molar-refractivity contribution < 1.29 is 4.39 Å². The van der Waals surface area contributed by atoms with Crippen LogP contribution in [0.15, 0.2) is 6.07 Å². The Labute approximate surface area is 63.1 Å². The standard InChI is InChI=1S/C6H6ClFN2/c1-4-2-5(3-8)10-6(7)9-4/h2H,3H2,1H3. The number of alkyl halides is 1. The molecule has 0 fully saturated rings. The molecule has 0 spiro atoms. The van der Waals surface area contributed by atoms with Crippen molar-refractivity contribution in [3.63, 3.8) is 0 Å². The van der Waals surface area contributed by atoms with Crippen LogP contribution in [0.4, 0.5) is 4.39 Å². The van der Waals surface area contributed by atoms with Gasteiger partial charge in [-0.2, -0.15) is 0 Å². The van der Waals surface area contributed by atoms with Crippen LogP contribution in [0, 0.1) is 6.92 Å². The molecular weight excluding hydrogens is 155 g/mol. The van der Waals surface area contributed by atoms with Crippen molar-refractivity contribution in [2.75, 3.05) is 0 Å². The van der Waals surface area contributed by atoms with Crippen molar-refractivity contribution in [2.24, 2.45) is 0 Å². The third-order valence-corrected chi connectivity index (χ3v) is 1.19. The van der Waals surface area contributed by atoms with E-state index in [0.717, 1.165) is 0 Å². The molecule has 1 rings (SSSR count). The molecule has 0 aliphatic carbocycles. The highest BCUT2D eigenvalue weighted by Crippen LogP contribution is 2.05. The van der Waals surface area contributed by atoms with Gasteiger partial charge in [0.05, 0.1) is 5.69 Å². The van der Waals surface area contributed by atoms with E-state index in [1.807, 2.05) is 0 Å². The summed E-state index contributed by atoms with van der Waals surface area (Å²) in [6.07, 6.45) is 0. The lowest BCUT2D eigenvalue weighted by molar-refractivity contribution is 0.475. The second-order valence-electron chi connectivity index (χ2n) is 1.90. The van der Waals surface area contributed by atoms with Gasteiger partial charge < -0.3 is 0 Å². The van der Waals surface area contributed by atoms with E-state index in [0.29, 0.717) is 11.4 Å². The van der Waals surface area contributed by atoms with Crippen molar-refractivity contribution in [3.05, 3.63) is 22.7 Å². The molecule has 54 valence electrons. The van der Waals surface area contributed by atoms with Crippen molar-refractivity contribution >= 4 is 11.6 Å². The van der Waals surface area contributed by atoms with E-state index in [-0.39, 0.29) is 5.28 Å². The number of hydrogen-bond donors (Lipinski definition) is 0. The fraction of sp³-hybridized carbons (Fsp3) is 0.333. The topological polar surface area (TPSA) is 25.8 Å². The first-order chi connectivity index (χ1) is 4.72. The minimum Gasteiger partial charge on any atom is -0.244 e. The molecule has 0 radical (unpaired) electrons. The summed E-state index contributed by atoms with van der Waals surface area (Å²) in [4.78, 5) is 7.40. The molecule has 1 aromatic rings. The van der Waals surface area contributed by atoms with Crippen LogP contribution in [-0.4, -0.2) is 9.97 Å². The Morgan fingerprint density at radius 1 is 1.60 bits per heavy atom. The molecule has 0 unspecified atom stereocenters. The Morgan fingerprint density at radius 2 is 2.30 bits per heavy atom. The highest BCUT2D eigenvalue weighted by molar-refractivity contribution is 6.28. The Morgan fingerprint density at radius 3 is 2.80 bits per heavy atom. The number of rotatable bonds is 1. The molecule has 0 aliphatic rings. The van der Waals surface area contributed by atoms with Gasteiger partial charge in [-0.1, -0.05) is 0 Å². The Balaban J connectivity index is 3.06. The van der Waals surface area contributed by atoms with Crippen LogP contribution in [-0.2, 0) is 6.67 Å². The van der Waals surface area contributed by atoms with Crippen LogP contribution in [0.2, 0.25) is 5.28 Å². The Bertz CT molecular complexity index is 219. The van der Waals surface area contributed by atoms with Crippen molar-refractivity contribution in [1.82, 2.24) is 9.97 Å². The molecule has 4 heteroatoms. The average molecular weight is 161 g/mol. The molecule has 0 saturated heterocycles. The van der Waals surface area contributed by atoms with Gasteiger partial charge in [0.1, 0.15) is 6.67 Å². The molecule has 10 heavy (non-hydrogen) atoms. The summed E-state index contributed by atoms with van der Waals surface area (Å²) in [5.74, 6) is 0. The van der Waals surface area contributed by atoms with Gasteiger partial charge in [0.2, 0.25) is 5.28 Å². The van der Waals surface area contributed by atoms with Crippen LogP contribution < -0.4 is 0 Å². The molecule has 1 aromatic heterocycles. The van der Waals surface area contributed by atoms with Crippen LogP contribution in [0.1, 0.15) is 11.4 Å². The summed E-state index contributed by atoms with van der Waals surface area (Å²) in [6.45, 7) is 1.15. The van der Waals surface area contributed by atoms with Gasteiger partial charge >= 0.3 is 0 Å². The summed E-state index contributed by atoms with van der Waals surface area (Å²) in [5, 5.41) is 0.104. The van der Waals surface area contributed by atoms with E-state index in [9.17, 15) is 4.39 Å². The summed E-state index contributed by atoms with van der Waals surface area (Å²) >= 11 is 5.44. The van der Waals surface area contributed by atoms with Gasteiger partial charge in [0.15, 0.2) is 0 Å². The highest BCUT2D eigenvalue weighted by Gasteiger charge is 1.97. The predicted molar refractivity (Wildman–Crippen MR) is 36.6 cm³/mol. The number of halogens is 2. The third kappa shape index (κ3) is 1.64. The molecule has 1 heterocycles. The van der Waals surface area contributed by atoms with E-state index in [1.165, 1.54) is 0 Å². The fourth-order valence-corrected chi connectivity index (χ4v) is 0.905. The minimum atomic E-state index is -0.594. The maximum absolute atomic E-state index is 11.9. The zero-order chi connectivity index (χ0) is 7.56. The number of nitrogens with zero attached hydrogens (tertiary/aromatic N) is 2. The van der Waals surface area contributed by atoms with Crippen molar-refractivity contribution in [1.29, 1.82) is 0 Å². The zero-order valence-electron chi connectivity index (χ0n) is 5.43. The first kappa shape index (κ1) is 7.41. The first-order valence-corrected chi connectivity index (χ1v) is 3.16. The number of hydrogen-bond acceptors (Lipinski definition) is 2. The van der Waals surface area contributed by atoms with E-state index < -0.39 is 6.67 Å². The summed E-state index contributed by atoms with van der Waals surface area (Å²) in [6, 6.07) is 1.56. The summed E-state index contributed by atoms with van der Waals surface area (Å²) in [7, 11) is 0. The Hall–Kier alpha value is -0.700. The molecule has 0 bridgehead atoms. The monoisotopic (exact) mass is 160 g/mol. The van der Waals surface area contributed by atoms with Gasteiger partial charge in [-0.05, 0) is 24.6 Å². The zero-order valence-corrected chi connectivity index (χ0v) is 6.19. The van der Waals surface area contributed by atoms with Gasteiger partial charge in [-0.3, -0.25) is 0 Å². The molecule has 0 aromatic carbocycles. The van der Waals surface area contributed by atoms with Crippen LogP contribution in [0.3, 0.4) is 0 Å². The molecule has 0 aliphatic heterocycles. The molecule has 0 N–H and O–H groups in total. The summed E-state index contributed by atoms with van der Waals surface area (Å²) in [5.41, 5.74) is 1.02. The van der Waals surface area contributed by atoms with Crippen molar-refractivity contribution in [3.8, 4) is 0 Å². The minimum absolute atomic E-state index is 0.104. The Kier molecular flexibility index (Phi) is 2.17. The maximum atomic E-state index is 11.9. The fourth-order valence-electron chi connectivity index (χ4n) is 0.663. The van der Waals surface area contributed by atoms with Crippen LogP contribution in [0.5, 0.6) is 0 Å². The second kappa shape index (κ2) is 2.92. The molecule has 2 nitrogen and oxygen atoms in total. The van der Waals surface area contributed by atoms with Gasteiger partial charge in [-0.25, -0.2) is 14.4 Å². The van der Waals surface area contributed by atoms with Gasteiger partial charge in [0.25, 0.3) is 0 Å². The quantitative estimate of drug-likeness (QED) is 0.587. The van der Waals surface area contributed by atoms with Crippen LogP contribution >= 0.6 is 11.6 Å². The van der Waals surface area contributed by atoms with E-state index in [4.69, 9.17) is 11.6 Å². The lowest BCUT2D eigenvalue weighted by Crippen LogP contribution is -1.91. The van der Waals surface area contributed by atoms with E-state index in [2.05, 4.69) is 9.97 Å². The van der Waals surface area contributed by atoms with E-state index in [1.54, 1.807) is 13.0 Å². The first-order valence-electron chi connectivity index (χ1n) is 2.78. The third-order valence-electron chi connectivity index (χ3n) is 1.02. The lowest BCUT2D eigenvalue weighted by Gasteiger charge is -1.95. The van der Waals surface area contributed by atoms with Gasteiger partial charge in [0, 0.05) is 5.69 Å². The normalized spacial score (nSPS) is 9.90. The van der Waals surface area contributed by atoms with E-state index >= 15 is 0 Å². The van der Waals surface area contributed by atoms with Crippen molar-refractivity contribution in [2.45, 2.75) is 13.6 Å². The average Bonchev–Trinajstić information content (AvgIpc) is 1.85.